The molecule has 0 spiro atoms. The number of hydrogen-bond donors (Lipinski definition) is 0. The molecule has 3 heterocycles. The summed E-state index contributed by atoms with van der Waals surface area (Å²) in [5, 5.41) is 4.44. The zero-order valence-corrected chi connectivity index (χ0v) is 16.4. The van der Waals surface area contributed by atoms with Gasteiger partial charge in [-0.15, -0.1) is 0 Å². The third-order valence-electron chi connectivity index (χ3n) is 6.06. The van der Waals surface area contributed by atoms with Gasteiger partial charge in [-0.3, -0.25) is 14.4 Å². The molecule has 0 saturated carbocycles. The molecule has 5 nitrogen and oxygen atoms in total. The van der Waals surface area contributed by atoms with Crippen LogP contribution in [0.25, 0.3) is 11.3 Å². The van der Waals surface area contributed by atoms with Crippen LogP contribution >= 0.6 is 0 Å². The van der Waals surface area contributed by atoms with Crippen LogP contribution in [0.15, 0.2) is 54.6 Å². The van der Waals surface area contributed by atoms with E-state index in [1.54, 1.807) is 29.9 Å². The summed E-state index contributed by atoms with van der Waals surface area (Å²) in [7, 11) is 1.78. The normalized spacial score (nSPS) is 17.1. The number of likely N-dealkylation sites (tertiary alicyclic amines) is 1. The number of carbonyl (C=O) groups excluding carboxylic acids is 1. The second-order valence-electron chi connectivity index (χ2n) is 7.90. The van der Waals surface area contributed by atoms with Gasteiger partial charge in [-0.1, -0.05) is 24.3 Å². The lowest BCUT2D eigenvalue weighted by atomic mass is 9.96. The van der Waals surface area contributed by atoms with Crippen LogP contribution in [-0.2, 0) is 20.0 Å². The van der Waals surface area contributed by atoms with E-state index in [0.29, 0.717) is 17.4 Å². The monoisotopic (exact) mass is 390 g/mol. The summed E-state index contributed by atoms with van der Waals surface area (Å²) >= 11 is 0. The van der Waals surface area contributed by atoms with Gasteiger partial charge in [0.2, 0.25) is 0 Å². The quantitative estimate of drug-likeness (QED) is 0.690. The molecule has 5 rings (SSSR count). The molecule has 29 heavy (non-hydrogen) atoms. The van der Waals surface area contributed by atoms with Gasteiger partial charge in [0.05, 0.1) is 5.69 Å². The predicted octanol–water partition coefficient (Wildman–Crippen LogP) is 3.11. The average molecular weight is 390 g/mol. The van der Waals surface area contributed by atoms with E-state index >= 15 is 0 Å². The van der Waals surface area contributed by atoms with Crippen LogP contribution in [0.2, 0.25) is 0 Å². The van der Waals surface area contributed by atoms with Gasteiger partial charge >= 0.3 is 0 Å². The smallest absolute Gasteiger partial charge is 0.272 e. The van der Waals surface area contributed by atoms with E-state index in [4.69, 9.17) is 0 Å². The van der Waals surface area contributed by atoms with Crippen LogP contribution in [-0.4, -0.2) is 51.2 Å². The summed E-state index contributed by atoms with van der Waals surface area (Å²) in [6, 6.07) is 17.0. The molecule has 1 aromatic heterocycles. The van der Waals surface area contributed by atoms with Crippen LogP contribution < -0.4 is 0 Å². The van der Waals surface area contributed by atoms with E-state index in [-0.39, 0.29) is 11.7 Å². The zero-order valence-electron chi connectivity index (χ0n) is 16.4. The van der Waals surface area contributed by atoms with Crippen LogP contribution in [0.5, 0.6) is 0 Å². The summed E-state index contributed by atoms with van der Waals surface area (Å²) < 4.78 is 14.8. The standard InChI is InChI=1S/C23H23FN4O/c1-26-22(12-21(25-26)17-6-8-19(24)9-7-17)23(29)28-14-20(15-28)27-11-10-16-4-2-3-5-18(16)13-27/h2-9,12,20H,10-11,13-15H2,1H3. The Bertz CT molecular complexity index is 1050. The first kappa shape index (κ1) is 18.1. The molecule has 0 radical (unpaired) electrons. The summed E-state index contributed by atoms with van der Waals surface area (Å²) in [6.07, 6.45) is 1.07. The first-order valence-electron chi connectivity index (χ1n) is 9.98. The summed E-state index contributed by atoms with van der Waals surface area (Å²) in [5.74, 6) is -0.282. The van der Waals surface area contributed by atoms with Crippen LogP contribution in [0, 0.1) is 5.82 Å². The number of hydrogen-bond acceptors (Lipinski definition) is 3. The molecule has 0 unspecified atom stereocenters. The van der Waals surface area contributed by atoms with Gasteiger partial charge in [0, 0.05) is 44.8 Å². The first-order valence-corrected chi connectivity index (χ1v) is 9.98. The topological polar surface area (TPSA) is 41.4 Å². The van der Waals surface area contributed by atoms with Gasteiger partial charge < -0.3 is 4.90 Å². The average Bonchev–Trinajstić information content (AvgIpc) is 3.09. The van der Waals surface area contributed by atoms with Crippen molar-refractivity contribution in [3.63, 3.8) is 0 Å². The molecule has 148 valence electrons. The van der Waals surface area contributed by atoms with E-state index in [0.717, 1.165) is 38.2 Å². The molecule has 0 aliphatic carbocycles. The van der Waals surface area contributed by atoms with Crippen LogP contribution in [0.3, 0.4) is 0 Å². The van der Waals surface area contributed by atoms with Gasteiger partial charge in [0.1, 0.15) is 11.5 Å². The molecule has 1 fully saturated rings. The number of rotatable bonds is 3. The van der Waals surface area contributed by atoms with E-state index in [2.05, 4.69) is 34.3 Å². The number of fused-ring (bicyclic) bond motifs is 1. The fourth-order valence-corrected chi connectivity index (χ4v) is 4.27. The third kappa shape index (κ3) is 3.34. The maximum atomic E-state index is 13.2. The lowest BCUT2D eigenvalue weighted by Gasteiger charge is -2.46. The molecular weight excluding hydrogens is 367 g/mol. The maximum Gasteiger partial charge on any atom is 0.272 e. The molecule has 2 aliphatic heterocycles. The minimum atomic E-state index is -0.284. The molecule has 0 atom stereocenters. The Morgan fingerprint density at radius 1 is 1.07 bits per heavy atom. The number of nitrogens with zero attached hydrogens (tertiary/aromatic N) is 4. The minimum absolute atomic E-state index is 0.00187. The molecule has 3 aromatic rings. The molecule has 2 aromatic carbocycles. The number of amides is 1. The molecule has 1 saturated heterocycles. The number of aromatic nitrogens is 2. The lowest BCUT2D eigenvalue weighted by Crippen LogP contribution is -2.61. The molecular formula is C23H23FN4O. The molecule has 2 aliphatic rings. The van der Waals surface area contributed by atoms with Gasteiger partial charge in [0.25, 0.3) is 5.91 Å². The number of aryl methyl sites for hydroxylation is 1. The SMILES string of the molecule is Cn1nc(-c2ccc(F)cc2)cc1C(=O)N1CC(N2CCc3ccccc3C2)C1. The summed E-state index contributed by atoms with van der Waals surface area (Å²) in [6.45, 7) is 3.50. The van der Waals surface area contributed by atoms with E-state index < -0.39 is 0 Å². The van der Waals surface area contributed by atoms with Crippen LogP contribution in [0.4, 0.5) is 4.39 Å². The Kier molecular flexibility index (Phi) is 4.43. The van der Waals surface area contributed by atoms with Crippen LogP contribution in [0.1, 0.15) is 21.6 Å². The molecule has 0 bridgehead atoms. The summed E-state index contributed by atoms with van der Waals surface area (Å²) in [4.78, 5) is 17.3. The first-order chi connectivity index (χ1) is 14.1. The Hall–Kier alpha value is -2.99. The fourth-order valence-electron chi connectivity index (χ4n) is 4.27. The Morgan fingerprint density at radius 2 is 1.79 bits per heavy atom. The minimum Gasteiger partial charge on any atom is -0.334 e. The van der Waals surface area contributed by atoms with Crippen molar-refractivity contribution in [2.24, 2.45) is 7.05 Å². The van der Waals surface area contributed by atoms with Crippen molar-refractivity contribution in [1.29, 1.82) is 0 Å². The fraction of sp³-hybridized carbons (Fsp3) is 0.304. The molecule has 1 amide bonds. The highest BCUT2D eigenvalue weighted by Gasteiger charge is 2.37. The van der Waals surface area contributed by atoms with E-state index in [1.165, 1.54) is 23.3 Å². The van der Waals surface area contributed by atoms with Gasteiger partial charge in [-0.05, 0) is 47.9 Å². The second kappa shape index (κ2) is 7.12. The summed E-state index contributed by atoms with van der Waals surface area (Å²) in [5.41, 5.74) is 4.89. The number of carbonyl (C=O) groups is 1. The Morgan fingerprint density at radius 3 is 2.55 bits per heavy atom. The van der Waals surface area contributed by atoms with E-state index in [9.17, 15) is 9.18 Å². The Labute approximate surface area is 169 Å². The van der Waals surface area contributed by atoms with Gasteiger partial charge in [-0.2, -0.15) is 5.10 Å². The third-order valence-corrected chi connectivity index (χ3v) is 6.06. The van der Waals surface area contributed by atoms with Gasteiger partial charge in [0.15, 0.2) is 0 Å². The van der Waals surface area contributed by atoms with Crippen molar-refractivity contribution in [3.05, 3.63) is 77.2 Å². The van der Waals surface area contributed by atoms with Crippen molar-refractivity contribution in [3.8, 4) is 11.3 Å². The van der Waals surface area contributed by atoms with Crippen molar-refractivity contribution in [1.82, 2.24) is 19.6 Å². The highest BCUT2D eigenvalue weighted by Crippen LogP contribution is 2.26. The lowest BCUT2D eigenvalue weighted by molar-refractivity contribution is 0.0210. The largest absolute Gasteiger partial charge is 0.334 e. The van der Waals surface area contributed by atoms with Crippen molar-refractivity contribution in [2.75, 3.05) is 19.6 Å². The second-order valence-corrected chi connectivity index (χ2v) is 7.90. The molecule has 0 N–H and O–H groups in total. The molecule has 6 heteroatoms. The highest BCUT2D eigenvalue weighted by molar-refractivity contribution is 5.94. The predicted molar refractivity (Wildman–Crippen MR) is 109 cm³/mol. The maximum absolute atomic E-state index is 13.2. The van der Waals surface area contributed by atoms with Gasteiger partial charge in [-0.25, -0.2) is 4.39 Å². The zero-order chi connectivity index (χ0) is 20.0. The van der Waals surface area contributed by atoms with Crippen molar-refractivity contribution >= 4 is 5.91 Å². The van der Waals surface area contributed by atoms with E-state index in [1.807, 2.05) is 4.90 Å². The van der Waals surface area contributed by atoms with Crippen molar-refractivity contribution < 1.29 is 9.18 Å². The Balaban J connectivity index is 1.25. The number of benzene rings is 2. The number of halogens is 1. The van der Waals surface area contributed by atoms with Crippen molar-refractivity contribution in [2.45, 2.75) is 19.0 Å². The highest BCUT2D eigenvalue weighted by atomic mass is 19.1.